The van der Waals surface area contributed by atoms with Crippen molar-refractivity contribution in [3.05, 3.63) is 33.5 Å². The van der Waals surface area contributed by atoms with E-state index in [4.69, 9.17) is 27.1 Å². The van der Waals surface area contributed by atoms with Crippen molar-refractivity contribution in [1.82, 2.24) is 25.2 Å². The summed E-state index contributed by atoms with van der Waals surface area (Å²) in [5.41, 5.74) is 7.63. The van der Waals surface area contributed by atoms with E-state index in [1.165, 1.54) is 24.2 Å². The number of thiazole rings is 1. The van der Waals surface area contributed by atoms with Gasteiger partial charge in [0, 0.05) is 41.1 Å². The number of ether oxygens (including phenoxy) is 1. The molecule has 204 valence electrons. The van der Waals surface area contributed by atoms with E-state index in [1.54, 1.807) is 12.1 Å². The molecule has 0 spiro atoms. The predicted octanol–water partition coefficient (Wildman–Crippen LogP) is 5.46. The van der Waals surface area contributed by atoms with Crippen LogP contribution in [0.25, 0.3) is 32.2 Å². The van der Waals surface area contributed by atoms with E-state index in [-0.39, 0.29) is 33.7 Å². The number of benzene rings is 2. The lowest BCUT2D eigenvalue weighted by Crippen LogP contribution is -2.56. The molecule has 12 heteroatoms. The molecule has 0 aliphatic carbocycles. The molecule has 0 bridgehead atoms. The lowest BCUT2D eigenvalue weighted by Gasteiger charge is -2.37. The van der Waals surface area contributed by atoms with Crippen LogP contribution in [0.2, 0.25) is 5.02 Å². The van der Waals surface area contributed by atoms with Crippen LogP contribution in [0.3, 0.4) is 0 Å². The number of nitrogen functional groups attached to an aromatic ring is 1. The monoisotopic (exact) mass is 631 g/mol. The van der Waals surface area contributed by atoms with Crippen molar-refractivity contribution in [2.75, 3.05) is 50.5 Å². The third-order valence-corrected chi connectivity index (χ3v) is 10.7. The Labute approximate surface area is 242 Å². The second-order valence-corrected chi connectivity index (χ2v) is 13.0. The van der Waals surface area contributed by atoms with E-state index in [1.807, 2.05) is 13.1 Å². The number of likely N-dealkylation sites (N-methyl/N-ethyl adjacent to an activating group) is 1. The van der Waals surface area contributed by atoms with Gasteiger partial charge in [-0.15, -0.1) is 0 Å². The number of aromatic nitrogens is 3. The summed E-state index contributed by atoms with van der Waals surface area (Å²) in [6.07, 6.45) is 4.55. The van der Waals surface area contributed by atoms with E-state index >= 15 is 4.39 Å². The summed E-state index contributed by atoms with van der Waals surface area (Å²) >= 11 is 11.7. The van der Waals surface area contributed by atoms with E-state index in [0.717, 1.165) is 48.2 Å². The molecular weight excluding hydrogens is 605 g/mol. The standard InChI is InChI=1S/C27H28BrClFN7OS/c1-36(14-11-32-12-14)24-16-10-18(29)19(15-4-5-17(28)23-22(15)33-25(31)39-23)20(30)21(16)34-26(35-24)38-13-27-6-2-8-37(27)9-3-7-27/h4-5,10,14,32H,2-3,6-9,11-13H2,1H3,(H2,31,33). The highest BCUT2D eigenvalue weighted by atomic mass is 79.9. The van der Waals surface area contributed by atoms with E-state index < -0.39 is 5.82 Å². The molecule has 39 heavy (non-hydrogen) atoms. The summed E-state index contributed by atoms with van der Waals surface area (Å²) in [5, 5.41) is 4.51. The van der Waals surface area contributed by atoms with Gasteiger partial charge >= 0.3 is 6.01 Å². The third kappa shape index (κ3) is 4.16. The minimum Gasteiger partial charge on any atom is -0.461 e. The average molecular weight is 633 g/mol. The molecule has 4 aromatic rings. The van der Waals surface area contributed by atoms with Gasteiger partial charge in [-0.05, 0) is 66.8 Å². The van der Waals surface area contributed by atoms with E-state index in [9.17, 15) is 0 Å². The summed E-state index contributed by atoms with van der Waals surface area (Å²) in [5.74, 6) is 0.0859. The zero-order valence-electron chi connectivity index (χ0n) is 21.4. The maximum atomic E-state index is 16.6. The highest BCUT2D eigenvalue weighted by molar-refractivity contribution is 9.10. The van der Waals surface area contributed by atoms with Crippen molar-refractivity contribution in [1.29, 1.82) is 0 Å². The van der Waals surface area contributed by atoms with Crippen LogP contribution in [0, 0.1) is 5.82 Å². The Balaban J connectivity index is 1.37. The lowest BCUT2D eigenvalue weighted by molar-refractivity contribution is 0.108. The van der Waals surface area contributed by atoms with Crippen LogP contribution in [0.5, 0.6) is 6.01 Å². The number of halogens is 3. The van der Waals surface area contributed by atoms with Crippen LogP contribution in [-0.4, -0.2) is 71.3 Å². The Morgan fingerprint density at radius 1 is 1.23 bits per heavy atom. The normalized spacial score (nSPS) is 19.1. The predicted molar refractivity (Wildman–Crippen MR) is 159 cm³/mol. The maximum absolute atomic E-state index is 16.6. The van der Waals surface area contributed by atoms with Crippen molar-refractivity contribution in [2.45, 2.75) is 37.3 Å². The molecule has 0 amide bonds. The molecule has 3 fully saturated rings. The smallest absolute Gasteiger partial charge is 0.319 e. The fourth-order valence-corrected chi connectivity index (χ4v) is 7.93. The third-order valence-electron chi connectivity index (χ3n) is 8.55. The second kappa shape index (κ2) is 9.66. The lowest BCUT2D eigenvalue weighted by atomic mass is 9.95. The molecule has 2 aromatic heterocycles. The molecule has 0 unspecified atom stereocenters. The molecule has 0 radical (unpaired) electrons. The number of nitrogens with two attached hydrogens (primary N) is 1. The molecule has 8 nitrogen and oxygen atoms in total. The molecule has 3 N–H and O–H groups in total. The van der Waals surface area contributed by atoms with Crippen molar-refractivity contribution < 1.29 is 9.13 Å². The molecule has 5 heterocycles. The summed E-state index contributed by atoms with van der Waals surface area (Å²) in [6, 6.07) is 5.85. The summed E-state index contributed by atoms with van der Waals surface area (Å²) in [7, 11) is 1.97. The number of nitrogens with zero attached hydrogens (tertiary/aromatic N) is 5. The van der Waals surface area contributed by atoms with Gasteiger partial charge in [0.1, 0.15) is 17.9 Å². The van der Waals surface area contributed by atoms with Gasteiger partial charge in [0.05, 0.1) is 26.8 Å². The number of fused-ring (bicyclic) bond motifs is 3. The fourth-order valence-electron chi connectivity index (χ4n) is 6.31. The van der Waals surface area contributed by atoms with Crippen molar-refractivity contribution in [2.24, 2.45) is 0 Å². The van der Waals surface area contributed by atoms with Gasteiger partial charge in [0.2, 0.25) is 0 Å². The van der Waals surface area contributed by atoms with Gasteiger partial charge in [0.15, 0.2) is 10.9 Å². The first kappa shape index (κ1) is 25.6. The minimum atomic E-state index is -0.525. The molecule has 3 saturated heterocycles. The Bertz CT molecular complexity index is 1600. The highest BCUT2D eigenvalue weighted by Gasteiger charge is 2.45. The van der Waals surface area contributed by atoms with Crippen molar-refractivity contribution in [3.63, 3.8) is 0 Å². The maximum Gasteiger partial charge on any atom is 0.319 e. The van der Waals surface area contributed by atoms with Crippen LogP contribution in [0.4, 0.5) is 15.3 Å². The number of nitrogens with one attached hydrogen (secondary N) is 1. The average Bonchev–Trinajstić information content (AvgIpc) is 3.57. The molecule has 3 aliphatic rings. The molecule has 0 saturated carbocycles. The first-order chi connectivity index (χ1) is 18.8. The summed E-state index contributed by atoms with van der Waals surface area (Å²) < 4.78 is 24.6. The SMILES string of the molecule is CN(c1nc(OCC23CCCN2CCC3)nc2c(F)c(-c3ccc(Br)c4sc(N)nc34)c(Cl)cc12)C1CNC1. The molecule has 0 atom stereocenters. The first-order valence-electron chi connectivity index (χ1n) is 13.2. The second-order valence-electron chi connectivity index (χ2n) is 10.7. The first-order valence-corrected chi connectivity index (χ1v) is 15.2. The number of anilines is 2. The molecule has 2 aromatic carbocycles. The van der Waals surface area contributed by atoms with Crippen LogP contribution in [-0.2, 0) is 0 Å². The van der Waals surface area contributed by atoms with Gasteiger partial charge < -0.3 is 20.7 Å². The van der Waals surface area contributed by atoms with E-state index in [0.29, 0.717) is 34.0 Å². The zero-order chi connectivity index (χ0) is 26.9. The number of rotatable bonds is 6. The van der Waals surface area contributed by atoms with Gasteiger partial charge in [-0.25, -0.2) is 9.37 Å². The largest absolute Gasteiger partial charge is 0.461 e. The topological polar surface area (TPSA) is 92.4 Å². The Kier molecular flexibility index (Phi) is 6.35. The van der Waals surface area contributed by atoms with Crippen molar-refractivity contribution in [3.8, 4) is 17.1 Å². The van der Waals surface area contributed by atoms with Gasteiger partial charge in [0.25, 0.3) is 0 Å². The molecular formula is C27H28BrClFN7OS. The summed E-state index contributed by atoms with van der Waals surface area (Å²) in [6.45, 7) is 4.35. The Morgan fingerprint density at radius 2 is 2.00 bits per heavy atom. The number of hydrogen-bond acceptors (Lipinski definition) is 9. The highest BCUT2D eigenvalue weighted by Crippen LogP contribution is 2.44. The Morgan fingerprint density at radius 3 is 2.72 bits per heavy atom. The van der Waals surface area contributed by atoms with E-state index in [2.05, 4.69) is 41.0 Å². The van der Waals surface area contributed by atoms with Crippen LogP contribution >= 0.6 is 38.9 Å². The minimum absolute atomic E-state index is 0.0273. The van der Waals surface area contributed by atoms with Gasteiger partial charge in [-0.2, -0.15) is 9.97 Å². The van der Waals surface area contributed by atoms with Crippen LogP contribution < -0.4 is 20.7 Å². The Hall–Kier alpha value is -2.31. The summed E-state index contributed by atoms with van der Waals surface area (Å²) in [4.78, 5) is 18.5. The fraction of sp³-hybridized carbons (Fsp3) is 0.444. The van der Waals surface area contributed by atoms with Crippen molar-refractivity contribution >= 4 is 70.9 Å². The van der Waals surface area contributed by atoms with Crippen LogP contribution in [0.15, 0.2) is 22.7 Å². The van der Waals surface area contributed by atoms with Gasteiger partial charge in [-0.3, -0.25) is 4.90 Å². The molecule has 3 aliphatic heterocycles. The number of hydrogen-bond donors (Lipinski definition) is 2. The van der Waals surface area contributed by atoms with Gasteiger partial charge in [-0.1, -0.05) is 29.0 Å². The van der Waals surface area contributed by atoms with Crippen LogP contribution in [0.1, 0.15) is 25.7 Å². The molecule has 7 rings (SSSR count). The zero-order valence-corrected chi connectivity index (χ0v) is 24.6. The quantitative estimate of drug-likeness (QED) is 0.290.